The van der Waals surface area contributed by atoms with Crippen LogP contribution >= 0.6 is 0 Å². The summed E-state index contributed by atoms with van der Waals surface area (Å²) in [6.45, 7) is 0.928. The summed E-state index contributed by atoms with van der Waals surface area (Å²) in [5.41, 5.74) is 0.102. The maximum Gasteiger partial charge on any atom is 0.328 e. The number of unbranched alkanes of at least 4 members (excludes halogenated alkanes) is 1. The molecule has 14 heavy (non-hydrogen) atoms. The van der Waals surface area contributed by atoms with Gasteiger partial charge in [0.25, 0.3) is 0 Å². The number of nitrogens with zero attached hydrogens (tertiary/aromatic N) is 2. The quantitative estimate of drug-likeness (QED) is 0.707. The topological polar surface area (TPSA) is 47.2 Å². The minimum atomic E-state index is 0.102. The molecular formula is C10H16N2O2. The molecule has 4 nitrogen and oxygen atoms in total. The molecule has 0 aromatic carbocycles. The predicted octanol–water partition coefficient (Wildman–Crippen LogP) is 0.757. The molecule has 1 fully saturated rings. The highest BCUT2D eigenvalue weighted by atomic mass is 16.2. The fraction of sp³-hybridized carbons (Fsp3) is 0.700. The van der Waals surface area contributed by atoms with Crippen LogP contribution < -0.4 is 5.69 Å². The molecule has 0 spiro atoms. The van der Waals surface area contributed by atoms with Crippen LogP contribution in [0.2, 0.25) is 0 Å². The third-order valence-corrected chi connectivity index (χ3v) is 2.62. The average Bonchev–Trinajstić information content (AvgIpc) is 2.95. The molecule has 1 aromatic rings. The van der Waals surface area contributed by atoms with Crippen LogP contribution in [0.5, 0.6) is 0 Å². The zero-order valence-electron chi connectivity index (χ0n) is 8.22. The van der Waals surface area contributed by atoms with Crippen LogP contribution in [0.4, 0.5) is 0 Å². The molecular weight excluding hydrogens is 180 g/mol. The molecule has 1 heterocycles. The van der Waals surface area contributed by atoms with Crippen LogP contribution in [0.15, 0.2) is 17.2 Å². The number of aromatic nitrogens is 2. The summed E-state index contributed by atoms with van der Waals surface area (Å²) in [5, 5.41) is 8.62. The highest BCUT2D eigenvalue weighted by molar-refractivity contribution is 4.91. The van der Waals surface area contributed by atoms with Crippen molar-refractivity contribution in [3.63, 3.8) is 0 Å². The van der Waals surface area contributed by atoms with Gasteiger partial charge in [-0.15, -0.1) is 0 Å². The van der Waals surface area contributed by atoms with Gasteiger partial charge in [-0.05, 0) is 25.7 Å². The average molecular weight is 196 g/mol. The Bertz CT molecular complexity index is 349. The molecule has 2 rings (SSSR count). The fourth-order valence-corrected chi connectivity index (χ4v) is 1.62. The minimum Gasteiger partial charge on any atom is -0.396 e. The lowest BCUT2D eigenvalue weighted by Crippen LogP contribution is -2.23. The lowest BCUT2D eigenvalue weighted by Gasteiger charge is -1.99. The van der Waals surface area contributed by atoms with Gasteiger partial charge in [-0.2, -0.15) is 0 Å². The summed E-state index contributed by atoms with van der Waals surface area (Å²) in [5.74, 6) is 0. The lowest BCUT2D eigenvalue weighted by atomic mass is 10.3. The SMILES string of the molecule is O=c1n(CCCCO)ccn1C1CC1. The minimum absolute atomic E-state index is 0.102. The number of aryl methyl sites for hydroxylation is 1. The van der Waals surface area contributed by atoms with Crippen molar-refractivity contribution in [3.05, 3.63) is 22.9 Å². The Morgan fingerprint density at radius 3 is 2.79 bits per heavy atom. The van der Waals surface area contributed by atoms with Gasteiger partial charge in [-0.25, -0.2) is 4.79 Å². The molecule has 0 amide bonds. The van der Waals surface area contributed by atoms with Crippen LogP contribution in [-0.2, 0) is 6.54 Å². The van der Waals surface area contributed by atoms with Crippen molar-refractivity contribution in [2.45, 2.75) is 38.3 Å². The van der Waals surface area contributed by atoms with E-state index in [-0.39, 0.29) is 12.3 Å². The van der Waals surface area contributed by atoms with Gasteiger partial charge in [0.05, 0.1) is 0 Å². The van der Waals surface area contributed by atoms with Gasteiger partial charge in [0, 0.05) is 31.6 Å². The lowest BCUT2D eigenvalue weighted by molar-refractivity contribution is 0.281. The molecule has 0 atom stereocenters. The molecule has 1 aliphatic carbocycles. The van der Waals surface area contributed by atoms with Crippen molar-refractivity contribution in [2.24, 2.45) is 0 Å². The van der Waals surface area contributed by atoms with Crippen molar-refractivity contribution in [1.82, 2.24) is 9.13 Å². The van der Waals surface area contributed by atoms with Crippen molar-refractivity contribution in [2.75, 3.05) is 6.61 Å². The van der Waals surface area contributed by atoms with Crippen LogP contribution in [0, 0.1) is 0 Å². The molecule has 0 aliphatic heterocycles. The van der Waals surface area contributed by atoms with E-state index in [9.17, 15) is 4.79 Å². The second-order valence-corrected chi connectivity index (χ2v) is 3.84. The highest BCUT2D eigenvalue weighted by Crippen LogP contribution is 2.33. The van der Waals surface area contributed by atoms with Gasteiger partial charge < -0.3 is 5.11 Å². The standard InChI is InChI=1S/C10H16N2O2/c13-8-2-1-5-11-6-7-12(10(11)14)9-3-4-9/h6-7,9,13H,1-5,8H2. The summed E-state index contributed by atoms with van der Waals surface area (Å²) in [7, 11) is 0. The first kappa shape index (κ1) is 9.52. The second kappa shape index (κ2) is 4.00. The predicted molar refractivity (Wildman–Crippen MR) is 53.3 cm³/mol. The molecule has 1 N–H and O–H groups in total. The number of aliphatic hydroxyl groups excluding tert-OH is 1. The Morgan fingerprint density at radius 2 is 2.14 bits per heavy atom. The molecule has 78 valence electrons. The van der Waals surface area contributed by atoms with Crippen LogP contribution in [0.25, 0.3) is 0 Å². The Hall–Kier alpha value is -1.03. The van der Waals surface area contributed by atoms with E-state index in [0.29, 0.717) is 6.04 Å². The van der Waals surface area contributed by atoms with E-state index in [1.807, 2.05) is 17.0 Å². The largest absolute Gasteiger partial charge is 0.396 e. The van der Waals surface area contributed by atoms with E-state index >= 15 is 0 Å². The van der Waals surface area contributed by atoms with E-state index in [0.717, 1.165) is 32.2 Å². The van der Waals surface area contributed by atoms with Crippen molar-refractivity contribution >= 4 is 0 Å². The van der Waals surface area contributed by atoms with E-state index in [1.165, 1.54) is 0 Å². The van der Waals surface area contributed by atoms with Gasteiger partial charge in [0.15, 0.2) is 0 Å². The van der Waals surface area contributed by atoms with Crippen molar-refractivity contribution in [3.8, 4) is 0 Å². The number of aliphatic hydroxyl groups is 1. The van der Waals surface area contributed by atoms with Gasteiger partial charge in [-0.1, -0.05) is 0 Å². The van der Waals surface area contributed by atoms with Gasteiger partial charge in [0.1, 0.15) is 0 Å². The van der Waals surface area contributed by atoms with Gasteiger partial charge in [-0.3, -0.25) is 9.13 Å². The first-order valence-electron chi connectivity index (χ1n) is 5.21. The maximum absolute atomic E-state index is 11.7. The maximum atomic E-state index is 11.7. The number of imidazole rings is 1. The normalized spacial score (nSPS) is 16.1. The molecule has 0 bridgehead atoms. The Labute approximate surface area is 82.8 Å². The zero-order valence-corrected chi connectivity index (χ0v) is 8.22. The molecule has 4 heteroatoms. The molecule has 1 aliphatic rings. The van der Waals surface area contributed by atoms with Crippen LogP contribution in [-0.4, -0.2) is 20.8 Å². The molecule has 1 aromatic heterocycles. The van der Waals surface area contributed by atoms with E-state index in [4.69, 9.17) is 5.11 Å². The first-order chi connectivity index (χ1) is 6.83. The van der Waals surface area contributed by atoms with Crippen LogP contribution in [0.3, 0.4) is 0 Å². The molecule has 0 radical (unpaired) electrons. The fourth-order valence-electron chi connectivity index (χ4n) is 1.62. The summed E-state index contributed by atoms with van der Waals surface area (Å²) in [4.78, 5) is 11.7. The number of hydrogen-bond acceptors (Lipinski definition) is 2. The Kier molecular flexibility index (Phi) is 2.72. The van der Waals surface area contributed by atoms with Gasteiger partial charge in [0.2, 0.25) is 0 Å². The van der Waals surface area contributed by atoms with E-state index in [2.05, 4.69) is 0 Å². The van der Waals surface area contributed by atoms with E-state index < -0.39 is 0 Å². The highest BCUT2D eigenvalue weighted by Gasteiger charge is 2.25. The molecule has 1 saturated carbocycles. The Morgan fingerprint density at radius 1 is 1.36 bits per heavy atom. The first-order valence-corrected chi connectivity index (χ1v) is 5.21. The molecule has 0 unspecified atom stereocenters. The summed E-state index contributed by atoms with van der Waals surface area (Å²) in [6.07, 6.45) is 7.63. The third-order valence-electron chi connectivity index (χ3n) is 2.62. The smallest absolute Gasteiger partial charge is 0.328 e. The monoisotopic (exact) mass is 196 g/mol. The van der Waals surface area contributed by atoms with E-state index in [1.54, 1.807) is 4.57 Å². The number of rotatable bonds is 5. The zero-order chi connectivity index (χ0) is 9.97. The van der Waals surface area contributed by atoms with Crippen molar-refractivity contribution in [1.29, 1.82) is 0 Å². The summed E-state index contributed by atoms with van der Waals surface area (Å²) < 4.78 is 3.55. The van der Waals surface area contributed by atoms with Crippen LogP contribution in [0.1, 0.15) is 31.7 Å². The number of hydrogen-bond donors (Lipinski definition) is 1. The summed E-state index contributed by atoms with van der Waals surface area (Å²) >= 11 is 0. The molecule has 0 saturated heterocycles. The van der Waals surface area contributed by atoms with Gasteiger partial charge >= 0.3 is 5.69 Å². The van der Waals surface area contributed by atoms with Crippen molar-refractivity contribution < 1.29 is 5.11 Å². The summed E-state index contributed by atoms with van der Waals surface area (Å²) in [6, 6.07) is 0.460. The Balaban J connectivity index is 2.00. The third kappa shape index (κ3) is 1.90. The second-order valence-electron chi connectivity index (χ2n) is 3.84.